The van der Waals surface area contributed by atoms with Crippen molar-refractivity contribution in [2.24, 2.45) is 5.92 Å². The molecule has 1 heterocycles. The van der Waals surface area contributed by atoms with Crippen LogP contribution < -0.4 is 15.4 Å². The van der Waals surface area contributed by atoms with E-state index in [-0.39, 0.29) is 58.7 Å². The van der Waals surface area contributed by atoms with Crippen LogP contribution in [-0.2, 0) is 17.9 Å². The Labute approximate surface area is 223 Å². The number of fused-ring (bicyclic) bond motifs is 1. The van der Waals surface area contributed by atoms with Crippen molar-refractivity contribution < 1.29 is 23.5 Å². The summed E-state index contributed by atoms with van der Waals surface area (Å²) in [6.45, 7) is 4.03. The van der Waals surface area contributed by atoms with Gasteiger partial charge < -0.3 is 20.3 Å². The van der Waals surface area contributed by atoms with Gasteiger partial charge in [0.2, 0.25) is 5.91 Å². The molecule has 192 valence electrons. The summed E-state index contributed by atoms with van der Waals surface area (Å²) in [5.74, 6) is -1.18. The smallest absolute Gasteiger partial charge is 0.260 e. The van der Waals surface area contributed by atoms with Crippen LogP contribution in [0, 0.1) is 11.7 Å². The summed E-state index contributed by atoms with van der Waals surface area (Å²) in [6, 6.07) is 14.0. The number of halogens is 3. The highest BCUT2D eigenvalue weighted by molar-refractivity contribution is 6.34. The van der Waals surface area contributed by atoms with Crippen LogP contribution in [0.1, 0.15) is 45.7 Å². The highest BCUT2D eigenvalue weighted by Crippen LogP contribution is 2.30. The first kappa shape index (κ1) is 26.4. The van der Waals surface area contributed by atoms with Crippen molar-refractivity contribution in [2.45, 2.75) is 26.9 Å². The van der Waals surface area contributed by atoms with Gasteiger partial charge in [0.25, 0.3) is 11.8 Å². The second kappa shape index (κ2) is 11.2. The fourth-order valence-corrected chi connectivity index (χ4v) is 4.11. The zero-order valence-electron chi connectivity index (χ0n) is 20.1. The normalized spacial score (nSPS) is 12.7. The third kappa shape index (κ3) is 6.21. The first-order valence-electron chi connectivity index (χ1n) is 11.5. The second-order valence-electron chi connectivity index (χ2n) is 8.88. The monoisotopic (exact) mass is 543 g/mol. The minimum Gasteiger partial charge on any atom is -0.472 e. The molecule has 0 aromatic heterocycles. The molecule has 1 aliphatic rings. The molecule has 0 unspecified atom stereocenters. The molecular formula is C27H24Cl2FN3O4. The minimum atomic E-state index is -0.539. The van der Waals surface area contributed by atoms with E-state index in [0.29, 0.717) is 22.6 Å². The highest BCUT2D eigenvalue weighted by atomic mass is 35.5. The number of benzene rings is 3. The molecule has 0 saturated carbocycles. The number of hydrogen-bond acceptors (Lipinski definition) is 4. The molecule has 0 saturated heterocycles. The maximum atomic E-state index is 13.5. The molecule has 1 aliphatic heterocycles. The van der Waals surface area contributed by atoms with Gasteiger partial charge in [-0.25, -0.2) is 4.39 Å². The Kier molecular flexibility index (Phi) is 8.00. The van der Waals surface area contributed by atoms with Crippen LogP contribution in [0.25, 0.3) is 0 Å². The molecule has 2 N–H and O–H groups in total. The fraction of sp³-hybridized carbons (Fsp3) is 0.222. The molecule has 10 heteroatoms. The molecule has 0 aliphatic carbocycles. The standard InChI is InChI=1S/C27H24Cl2FN3O4/c1-15(2)25(34)31-12-16-3-6-21(28)19(9-16)26(35)32-18-5-8-24-20(11-18)27(36)33(14-37-24)13-17-4-7-23(30)22(29)10-17/h3-11,15H,12-14H2,1-2H3,(H,31,34)(H,32,35). The zero-order chi connectivity index (χ0) is 26.7. The van der Waals surface area contributed by atoms with E-state index in [2.05, 4.69) is 10.6 Å². The van der Waals surface area contributed by atoms with Crippen molar-refractivity contribution in [3.05, 3.63) is 92.7 Å². The van der Waals surface area contributed by atoms with Gasteiger partial charge >= 0.3 is 0 Å². The predicted molar refractivity (Wildman–Crippen MR) is 139 cm³/mol. The second-order valence-corrected chi connectivity index (χ2v) is 9.69. The third-order valence-corrected chi connectivity index (χ3v) is 6.37. The van der Waals surface area contributed by atoms with Gasteiger partial charge in [-0.2, -0.15) is 0 Å². The predicted octanol–water partition coefficient (Wildman–Crippen LogP) is 5.65. The van der Waals surface area contributed by atoms with E-state index in [1.807, 2.05) is 0 Å². The minimum absolute atomic E-state index is 0.0162. The highest BCUT2D eigenvalue weighted by Gasteiger charge is 2.26. The molecule has 4 rings (SSSR count). The third-order valence-electron chi connectivity index (χ3n) is 5.75. The van der Waals surface area contributed by atoms with Crippen LogP contribution >= 0.6 is 23.2 Å². The molecule has 0 atom stereocenters. The van der Waals surface area contributed by atoms with Crippen molar-refractivity contribution >= 4 is 46.6 Å². The summed E-state index contributed by atoms with van der Waals surface area (Å²) < 4.78 is 19.2. The first-order valence-corrected chi connectivity index (χ1v) is 12.3. The van der Waals surface area contributed by atoms with E-state index in [4.69, 9.17) is 27.9 Å². The molecule has 3 aromatic carbocycles. The van der Waals surface area contributed by atoms with Gasteiger partial charge in [-0.05, 0) is 53.6 Å². The van der Waals surface area contributed by atoms with Crippen LogP contribution in [0.3, 0.4) is 0 Å². The number of carbonyl (C=O) groups is 3. The van der Waals surface area contributed by atoms with E-state index in [1.54, 1.807) is 50.2 Å². The maximum Gasteiger partial charge on any atom is 0.260 e. The maximum absolute atomic E-state index is 13.5. The van der Waals surface area contributed by atoms with Gasteiger partial charge in [0, 0.05) is 24.7 Å². The van der Waals surface area contributed by atoms with Gasteiger partial charge in [-0.15, -0.1) is 0 Å². The van der Waals surface area contributed by atoms with E-state index < -0.39 is 11.7 Å². The average Bonchev–Trinajstić information content (AvgIpc) is 2.87. The summed E-state index contributed by atoms with van der Waals surface area (Å²) in [5.41, 5.74) is 2.24. The van der Waals surface area contributed by atoms with Gasteiger partial charge in [0.1, 0.15) is 11.6 Å². The number of ether oxygens (including phenoxy) is 1. The topological polar surface area (TPSA) is 87.7 Å². The van der Waals surface area contributed by atoms with Crippen LogP contribution in [0.5, 0.6) is 5.75 Å². The Morgan fingerprint density at radius 2 is 1.78 bits per heavy atom. The SMILES string of the molecule is CC(C)C(=O)NCc1ccc(Cl)c(C(=O)Nc2ccc3c(c2)C(=O)N(Cc2ccc(F)c(Cl)c2)CO3)c1. The Morgan fingerprint density at radius 1 is 1.03 bits per heavy atom. The van der Waals surface area contributed by atoms with Crippen molar-refractivity contribution in [1.82, 2.24) is 10.2 Å². The van der Waals surface area contributed by atoms with Crippen molar-refractivity contribution in [1.29, 1.82) is 0 Å². The lowest BCUT2D eigenvalue weighted by Gasteiger charge is -2.29. The van der Waals surface area contributed by atoms with Gasteiger partial charge in [0.15, 0.2) is 6.73 Å². The van der Waals surface area contributed by atoms with Crippen molar-refractivity contribution in [3.8, 4) is 5.75 Å². The van der Waals surface area contributed by atoms with Gasteiger partial charge in [-0.1, -0.05) is 49.2 Å². The molecule has 0 radical (unpaired) electrons. The number of rotatable bonds is 7. The van der Waals surface area contributed by atoms with E-state index >= 15 is 0 Å². The van der Waals surface area contributed by atoms with Gasteiger partial charge in [0.05, 0.1) is 21.2 Å². The number of carbonyl (C=O) groups excluding carboxylic acids is 3. The molecule has 0 fully saturated rings. The summed E-state index contributed by atoms with van der Waals surface area (Å²) in [6.07, 6.45) is 0. The molecule has 37 heavy (non-hydrogen) atoms. The molecule has 3 amide bonds. The van der Waals surface area contributed by atoms with Crippen LogP contribution in [0.15, 0.2) is 54.6 Å². The average molecular weight is 544 g/mol. The Morgan fingerprint density at radius 3 is 2.51 bits per heavy atom. The Hall–Kier alpha value is -3.62. The Balaban J connectivity index is 1.48. The summed E-state index contributed by atoms with van der Waals surface area (Å²) >= 11 is 12.1. The van der Waals surface area contributed by atoms with Crippen molar-refractivity contribution in [2.75, 3.05) is 12.0 Å². The molecule has 7 nitrogen and oxygen atoms in total. The lowest BCUT2D eigenvalue weighted by atomic mass is 10.1. The molecule has 0 bridgehead atoms. The van der Waals surface area contributed by atoms with Gasteiger partial charge in [-0.3, -0.25) is 14.4 Å². The number of amides is 3. The molecular weight excluding hydrogens is 520 g/mol. The van der Waals surface area contributed by atoms with E-state index in [9.17, 15) is 18.8 Å². The number of nitrogens with one attached hydrogen (secondary N) is 2. The van der Waals surface area contributed by atoms with E-state index in [0.717, 1.165) is 0 Å². The summed E-state index contributed by atoms with van der Waals surface area (Å²) in [7, 11) is 0. The van der Waals surface area contributed by atoms with E-state index in [1.165, 1.54) is 23.1 Å². The lowest BCUT2D eigenvalue weighted by Crippen LogP contribution is -2.38. The van der Waals surface area contributed by atoms with Crippen LogP contribution in [0.4, 0.5) is 10.1 Å². The van der Waals surface area contributed by atoms with Crippen LogP contribution in [0.2, 0.25) is 10.0 Å². The zero-order valence-corrected chi connectivity index (χ0v) is 21.6. The lowest BCUT2D eigenvalue weighted by molar-refractivity contribution is -0.124. The number of hydrogen-bond donors (Lipinski definition) is 2. The fourth-order valence-electron chi connectivity index (χ4n) is 3.70. The number of anilines is 1. The van der Waals surface area contributed by atoms with Crippen molar-refractivity contribution in [3.63, 3.8) is 0 Å². The Bertz CT molecular complexity index is 1380. The number of nitrogens with zero attached hydrogens (tertiary/aromatic N) is 1. The summed E-state index contributed by atoms with van der Waals surface area (Å²) in [4.78, 5) is 39.4. The molecule has 3 aromatic rings. The first-order chi connectivity index (χ1) is 17.6. The largest absolute Gasteiger partial charge is 0.472 e. The summed E-state index contributed by atoms with van der Waals surface area (Å²) in [5, 5.41) is 5.79. The van der Waals surface area contributed by atoms with Crippen LogP contribution in [-0.4, -0.2) is 29.4 Å². The quantitative estimate of drug-likeness (QED) is 0.403. The molecule has 0 spiro atoms.